The van der Waals surface area contributed by atoms with Gasteiger partial charge in [0.05, 0.1) is 68.2 Å². The number of nitrogens with one attached hydrogen (secondary N) is 2. The maximum Gasteiger partial charge on any atom is 0.397 e. The van der Waals surface area contributed by atoms with Crippen LogP contribution in [0.15, 0.2) is 124 Å². The summed E-state index contributed by atoms with van der Waals surface area (Å²) in [6.45, 7) is -1.82. The Morgan fingerprint density at radius 1 is 0.627 bits per heavy atom. The molecule has 0 radical (unpaired) electrons. The second-order valence-electron chi connectivity index (χ2n) is 14.2. The Morgan fingerprint density at radius 3 is 1.75 bits per heavy atom. The first-order valence-corrected chi connectivity index (χ1v) is 29.4. The lowest BCUT2D eigenvalue weighted by Crippen LogP contribution is -2.15. The fourth-order valence-electron chi connectivity index (χ4n) is 6.07. The number of azo groups is 2. The van der Waals surface area contributed by atoms with Gasteiger partial charge in [0.2, 0.25) is 17.2 Å². The van der Waals surface area contributed by atoms with Gasteiger partial charge in [-0.3, -0.25) is 18.2 Å². The standard InChI is InChI=1S/C35H31ClN10O22S7/c36-33-40-34(38-20-2-1-3-23(16-20)71(51,52)13-11-66-75(62,63)64)42-35(41-33)39-21-6-9-26(72(53,54)55)24(17-21)44-45-30-25(69-68-67-48)14-18-15-27(73(56,57)58)31(29(37)28(18)32(30)47)46-43-19-4-7-22(8-5-19)70(49,50)12-10-65-74(59,60)61/h1-9,14-17,47-48H,10-13,37H2,(H,53,54,55)(H,56,57,58)(H,59,60,61)(H,62,63,64)(H2,38,39,40,41,42)/b45-44+,46-43+. The zero-order chi connectivity index (χ0) is 55.3. The summed E-state index contributed by atoms with van der Waals surface area (Å²) in [6, 6.07) is 13.9. The van der Waals surface area contributed by atoms with Gasteiger partial charge in [-0.25, -0.2) is 30.5 Å². The van der Waals surface area contributed by atoms with E-state index < -0.39 is 134 Å². The topological polar surface area (TPSA) is 501 Å². The lowest BCUT2D eigenvalue weighted by atomic mass is 10.1. The zero-order valence-corrected chi connectivity index (χ0v) is 43.0. The number of nitrogen functional groups attached to an aromatic ring is 1. The number of fused-ring (bicyclic) bond motifs is 1. The van der Waals surface area contributed by atoms with Gasteiger partial charge < -0.3 is 21.5 Å². The quantitative estimate of drug-likeness (QED) is 0.00969. The second-order valence-corrected chi connectivity index (χ2v) is 24.5. The summed E-state index contributed by atoms with van der Waals surface area (Å²) in [5, 5.41) is 43.9. The van der Waals surface area contributed by atoms with Gasteiger partial charge in [0.25, 0.3) is 20.2 Å². The molecular weight excluding hydrogens is 1170 g/mol. The van der Waals surface area contributed by atoms with E-state index >= 15 is 0 Å². The van der Waals surface area contributed by atoms with Crippen molar-refractivity contribution >= 4 is 147 Å². The first-order valence-electron chi connectivity index (χ1n) is 19.4. The van der Waals surface area contributed by atoms with Gasteiger partial charge in [0.15, 0.2) is 25.4 Å². The summed E-state index contributed by atoms with van der Waals surface area (Å²) in [7, 11) is -28.5. The predicted molar refractivity (Wildman–Crippen MR) is 258 cm³/mol. The van der Waals surface area contributed by atoms with Gasteiger partial charge in [-0.1, -0.05) is 11.1 Å². The van der Waals surface area contributed by atoms with Gasteiger partial charge in [-0.05, 0) is 89.8 Å². The van der Waals surface area contributed by atoms with Crippen molar-refractivity contribution < 1.29 is 96.8 Å². The van der Waals surface area contributed by atoms with E-state index in [9.17, 15) is 64.7 Å². The molecule has 5 aromatic carbocycles. The van der Waals surface area contributed by atoms with Gasteiger partial charge in [-0.15, -0.1) is 19.7 Å². The highest BCUT2D eigenvalue weighted by Gasteiger charge is 2.27. The highest BCUT2D eigenvalue weighted by Crippen LogP contribution is 2.50. The largest absolute Gasteiger partial charge is 0.505 e. The minimum absolute atomic E-state index is 0.0689. The summed E-state index contributed by atoms with van der Waals surface area (Å²) in [4.78, 5) is 9.07. The van der Waals surface area contributed by atoms with Gasteiger partial charge in [0, 0.05) is 11.4 Å². The minimum Gasteiger partial charge on any atom is -0.505 e. The van der Waals surface area contributed by atoms with E-state index in [1.54, 1.807) is 0 Å². The number of nitrogens with two attached hydrogens (primary N) is 1. The molecular formula is C35H31ClN10O22S7. The molecule has 1 aromatic heterocycles. The molecule has 6 rings (SSSR count). The van der Waals surface area contributed by atoms with Crippen molar-refractivity contribution in [1.82, 2.24) is 15.0 Å². The summed E-state index contributed by atoms with van der Waals surface area (Å²) < 4.78 is 195. The number of nitrogens with zero attached hydrogens (tertiary/aromatic N) is 7. The van der Waals surface area contributed by atoms with Crippen LogP contribution in [0.3, 0.4) is 0 Å². The summed E-state index contributed by atoms with van der Waals surface area (Å²) in [6.07, 6.45) is 0. The van der Waals surface area contributed by atoms with Crippen LogP contribution in [0, 0.1) is 0 Å². The van der Waals surface area contributed by atoms with Crippen molar-refractivity contribution in [2.75, 3.05) is 41.1 Å². The van der Waals surface area contributed by atoms with Gasteiger partial charge in [0.1, 0.15) is 26.9 Å². The van der Waals surface area contributed by atoms with E-state index in [0.717, 1.165) is 60.7 Å². The van der Waals surface area contributed by atoms with E-state index in [4.69, 9.17) is 31.7 Å². The number of sulfone groups is 2. The van der Waals surface area contributed by atoms with Crippen molar-refractivity contribution in [3.63, 3.8) is 0 Å². The molecule has 0 saturated heterocycles. The number of hydrogen-bond acceptors (Lipinski definition) is 29. The molecule has 402 valence electrons. The van der Waals surface area contributed by atoms with Crippen LogP contribution in [0.4, 0.5) is 51.7 Å². The lowest BCUT2D eigenvalue weighted by molar-refractivity contribution is -0.432. The van der Waals surface area contributed by atoms with Gasteiger partial charge in [-0.2, -0.15) is 53.7 Å². The van der Waals surface area contributed by atoms with Crippen molar-refractivity contribution in [2.45, 2.75) is 24.5 Å². The molecule has 10 N–H and O–H groups in total. The van der Waals surface area contributed by atoms with Crippen LogP contribution in [0.5, 0.6) is 5.75 Å². The Morgan fingerprint density at radius 2 is 1.19 bits per heavy atom. The fraction of sp³-hybridized carbons (Fsp3) is 0.114. The maximum atomic E-state index is 12.8. The number of aromatic hydroxyl groups is 1. The Hall–Kier alpha value is -6.25. The van der Waals surface area contributed by atoms with E-state index in [-0.39, 0.29) is 61.1 Å². The highest BCUT2D eigenvalue weighted by molar-refractivity contribution is 7.94. The van der Waals surface area contributed by atoms with Crippen LogP contribution in [0.25, 0.3) is 10.8 Å². The number of aromatic nitrogens is 3. The molecule has 40 heteroatoms. The molecule has 75 heavy (non-hydrogen) atoms. The van der Waals surface area contributed by atoms with Crippen LogP contribution in [0.1, 0.15) is 0 Å². The number of anilines is 5. The normalized spacial score (nSPS) is 13.0. The third-order valence-electron chi connectivity index (χ3n) is 9.18. The number of benzene rings is 5. The third-order valence-corrected chi connectivity index (χ3v) is 16.0. The molecule has 0 amide bonds. The Labute approximate surface area is 432 Å². The van der Waals surface area contributed by atoms with Crippen LogP contribution < -0.4 is 16.4 Å². The highest BCUT2D eigenvalue weighted by atomic mass is 35.5. The molecule has 0 aliphatic carbocycles. The molecule has 0 saturated carbocycles. The molecule has 0 aliphatic rings. The van der Waals surface area contributed by atoms with Crippen LogP contribution >= 0.6 is 23.6 Å². The van der Waals surface area contributed by atoms with Crippen molar-refractivity contribution in [3.8, 4) is 5.75 Å². The molecule has 0 fully saturated rings. The lowest BCUT2D eigenvalue weighted by Gasteiger charge is -2.14. The molecule has 0 aliphatic heterocycles. The van der Waals surface area contributed by atoms with Crippen molar-refractivity contribution in [2.24, 2.45) is 20.5 Å². The SMILES string of the molecule is Nc1c(/N=N/c2ccc(S(=O)(=O)CCOS(=O)(=O)O)cc2)c(S(=O)(=O)O)cc2cc(SOOO)c(/N=N/c3cc(Nc4nc(Cl)nc(Nc5cccc(S(=O)(=O)CCOS(=O)(=O)O)c5)n4)ccc3S(=O)(=O)O)c(O)c12. The van der Waals surface area contributed by atoms with Crippen LogP contribution in [0.2, 0.25) is 5.28 Å². The summed E-state index contributed by atoms with van der Waals surface area (Å²) in [5.74, 6) is -3.31. The van der Waals surface area contributed by atoms with E-state index in [0.29, 0.717) is 0 Å². The van der Waals surface area contributed by atoms with E-state index in [1.165, 1.54) is 18.2 Å². The number of hydrogen-bond donors (Lipinski definition) is 9. The molecule has 0 atom stereocenters. The maximum absolute atomic E-state index is 12.8. The monoisotopic (exact) mass is 1200 g/mol. The molecule has 0 unspecified atom stereocenters. The van der Waals surface area contributed by atoms with Gasteiger partial charge >= 0.3 is 20.8 Å². The van der Waals surface area contributed by atoms with Crippen LogP contribution in [-0.2, 0) is 78.4 Å². The van der Waals surface area contributed by atoms with E-state index in [2.05, 4.69) is 63.8 Å². The van der Waals surface area contributed by atoms with E-state index in [1.807, 2.05) is 0 Å². The smallest absolute Gasteiger partial charge is 0.397 e. The molecule has 0 spiro atoms. The second kappa shape index (κ2) is 22.9. The predicted octanol–water partition coefficient (Wildman–Crippen LogP) is 5.39. The third kappa shape index (κ3) is 15.7. The molecule has 0 bridgehead atoms. The number of phenols is 1. The fourth-order valence-corrected chi connectivity index (χ4v) is 11.0. The average Bonchev–Trinajstić information content (AvgIpc) is 3.28. The Kier molecular flexibility index (Phi) is 17.7. The van der Waals surface area contributed by atoms with Crippen LogP contribution in [-0.4, -0.2) is 119 Å². The van der Waals surface area contributed by atoms with Crippen molar-refractivity contribution in [3.05, 3.63) is 84.1 Å². The van der Waals surface area contributed by atoms with Crippen molar-refractivity contribution in [1.29, 1.82) is 0 Å². The zero-order valence-electron chi connectivity index (χ0n) is 36.5. The minimum atomic E-state index is -5.24. The Bertz CT molecular complexity index is 3970. The first-order chi connectivity index (χ1) is 34.8. The average molecular weight is 1200 g/mol. The number of halogens is 1. The summed E-state index contributed by atoms with van der Waals surface area (Å²) >= 11 is 6.25. The number of rotatable bonds is 23. The Balaban J connectivity index is 1.35. The molecule has 32 nitrogen and oxygen atoms in total. The number of phenolic OH excluding ortho intramolecular Hbond substituents is 1. The summed E-state index contributed by atoms with van der Waals surface area (Å²) in [5.41, 5.74) is 3.34. The first kappa shape index (κ1) is 58.0. The molecule has 1 heterocycles. The molecule has 6 aromatic rings.